The minimum atomic E-state index is -0.712. The SMILES string of the molecule is COc1ccc(-c2nnc3ccc(OCCNC(=O)c4cc5cc(Br)ccc5oc4=O)nn23)cc1OC. The highest BCUT2D eigenvalue weighted by Crippen LogP contribution is 2.31. The lowest BCUT2D eigenvalue weighted by Gasteiger charge is -2.09. The largest absolute Gasteiger partial charge is 0.493 e. The Morgan fingerprint density at radius 3 is 2.68 bits per heavy atom. The number of benzene rings is 2. The minimum Gasteiger partial charge on any atom is -0.493 e. The van der Waals surface area contributed by atoms with Crippen LogP contribution in [0.1, 0.15) is 10.4 Å². The molecule has 37 heavy (non-hydrogen) atoms. The summed E-state index contributed by atoms with van der Waals surface area (Å²) in [6.45, 7) is 0.252. The lowest BCUT2D eigenvalue weighted by molar-refractivity contribution is 0.0943. The van der Waals surface area contributed by atoms with E-state index in [0.29, 0.717) is 39.8 Å². The first-order valence-corrected chi connectivity index (χ1v) is 11.9. The molecule has 0 saturated carbocycles. The van der Waals surface area contributed by atoms with Gasteiger partial charge in [0.15, 0.2) is 23.0 Å². The molecule has 5 aromatic rings. The maximum atomic E-state index is 12.6. The summed E-state index contributed by atoms with van der Waals surface area (Å²) in [7, 11) is 3.12. The van der Waals surface area contributed by atoms with Crippen LogP contribution in [0, 0.1) is 0 Å². The number of fused-ring (bicyclic) bond motifs is 2. The average molecular weight is 566 g/mol. The monoisotopic (exact) mass is 565 g/mol. The summed E-state index contributed by atoms with van der Waals surface area (Å²) in [6, 6.07) is 15.4. The minimum absolute atomic E-state index is 0.0887. The maximum Gasteiger partial charge on any atom is 0.349 e. The quantitative estimate of drug-likeness (QED) is 0.222. The highest BCUT2D eigenvalue weighted by Gasteiger charge is 2.15. The number of halogens is 1. The van der Waals surface area contributed by atoms with Gasteiger partial charge in [-0.25, -0.2) is 4.79 Å². The molecule has 0 atom stereocenters. The van der Waals surface area contributed by atoms with E-state index in [2.05, 4.69) is 36.5 Å². The molecule has 3 aromatic heterocycles. The number of rotatable bonds is 8. The molecule has 0 aliphatic rings. The molecule has 188 valence electrons. The number of carbonyl (C=O) groups is 1. The molecule has 0 radical (unpaired) electrons. The molecule has 12 heteroatoms. The molecular weight excluding hydrogens is 546 g/mol. The van der Waals surface area contributed by atoms with E-state index < -0.39 is 11.5 Å². The second-order valence-corrected chi connectivity index (χ2v) is 8.68. The van der Waals surface area contributed by atoms with Gasteiger partial charge < -0.3 is 23.9 Å². The van der Waals surface area contributed by atoms with Crippen molar-refractivity contribution in [3.8, 4) is 28.8 Å². The van der Waals surface area contributed by atoms with Crippen molar-refractivity contribution in [2.24, 2.45) is 0 Å². The Labute approximate surface area is 218 Å². The molecule has 0 spiro atoms. The second-order valence-electron chi connectivity index (χ2n) is 7.77. The van der Waals surface area contributed by atoms with Crippen LogP contribution in [-0.4, -0.2) is 53.1 Å². The van der Waals surface area contributed by atoms with E-state index in [9.17, 15) is 9.59 Å². The Bertz CT molecular complexity index is 1680. The van der Waals surface area contributed by atoms with Crippen molar-refractivity contribution in [1.29, 1.82) is 0 Å². The Hall–Kier alpha value is -4.45. The van der Waals surface area contributed by atoms with Gasteiger partial charge >= 0.3 is 5.63 Å². The van der Waals surface area contributed by atoms with Crippen LogP contribution in [0.15, 0.2) is 68.3 Å². The van der Waals surface area contributed by atoms with Crippen molar-refractivity contribution in [3.63, 3.8) is 0 Å². The van der Waals surface area contributed by atoms with Gasteiger partial charge in [-0.05, 0) is 48.5 Å². The summed E-state index contributed by atoms with van der Waals surface area (Å²) in [5.41, 5.74) is 0.851. The van der Waals surface area contributed by atoms with Crippen molar-refractivity contribution in [3.05, 3.63) is 75.1 Å². The van der Waals surface area contributed by atoms with Gasteiger partial charge in [0.25, 0.3) is 5.91 Å². The molecule has 0 saturated heterocycles. The van der Waals surface area contributed by atoms with Crippen molar-refractivity contribution in [1.82, 2.24) is 25.1 Å². The summed E-state index contributed by atoms with van der Waals surface area (Å²) in [6.07, 6.45) is 0. The Balaban J connectivity index is 1.26. The van der Waals surface area contributed by atoms with Crippen molar-refractivity contribution in [2.45, 2.75) is 0 Å². The Morgan fingerprint density at radius 1 is 1.03 bits per heavy atom. The van der Waals surface area contributed by atoms with E-state index in [1.807, 2.05) is 6.07 Å². The highest BCUT2D eigenvalue weighted by atomic mass is 79.9. The van der Waals surface area contributed by atoms with Gasteiger partial charge in [-0.3, -0.25) is 4.79 Å². The van der Waals surface area contributed by atoms with E-state index >= 15 is 0 Å². The standard InChI is InChI=1S/C25H20BrN5O6/c1-34-19-5-3-14(13-20(19)35-2)23-29-28-21-7-8-22(30-31(21)23)36-10-9-27-24(32)17-12-15-11-16(26)4-6-18(15)37-25(17)33/h3-8,11-13H,9-10H2,1-2H3,(H,27,32). The number of carbonyl (C=O) groups excluding carboxylic acids is 1. The van der Waals surface area contributed by atoms with Crippen LogP contribution >= 0.6 is 15.9 Å². The summed E-state index contributed by atoms with van der Waals surface area (Å²) in [4.78, 5) is 24.8. The van der Waals surface area contributed by atoms with Crippen LogP contribution in [0.4, 0.5) is 0 Å². The van der Waals surface area contributed by atoms with Gasteiger partial charge in [-0.15, -0.1) is 15.3 Å². The lowest BCUT2D eigenvalue weighted by atomic mass is 10.2. The Kier molecular flexibility index (Phi) is 6.73. The highest BCUT2D eigenvalue weighted by molar-refractivity contribution is 9.10. The van der Waals surface area contributed by atoms with Crippen LogP contribution in [0.25, 0.3) is 28.0 Å². The first kappa shape index (κ1) is 24.3. The number of hydrogen-bond donors (Lipinski definition) is 1. The number of nitrogens with zero attached hydrogens (tertiary/aromatic N) is 4. The molecular formula is C25H20BrN5O6. The van der Waals surface area contributed by atoms with Gasteiger partial charge in [0.2, 0.25) is 5.88 Å². The topological polar surface area (TPSA) is 130 Å². The van der Waals surface area contributed by atoms with Crippen LogP contribution in [0.5, 0.6) is 17.4 Å². The number of hydrogen-bond acceptors (Lipinski definition) is 9. The molecule has 1 amide bonds. The number of nitrogens with one attached hydrogen (secondary N) is 1. The van der Waals surface area contributed by atoms with Crippen LogP contribution in [-0.2, 0) is 0 Å². The Morgan fingerprint density at radius 2 is 1.86 bits per heavy atom. The summed E-state index contributed by atoms with van der Waals surface area (Å²) in [5.74, 6) is 1.38. The number of amides is 1. The van der Waals surface area contributed by atoms with Crippen molar-refractivity contribution >= 4 is 38.5 Å². The smallest absolute Gasteiger partial charge is 0.349 e. The molecule has 1 N–H and O–H groups in total. The lowest BCUT2D eigenvalue weighted by Crippen LogP contribution is -2.31. The van der Waals surface area contributed by atoms with E-state index in [-0.39, 0.29) is 18.7 Å². The fraction of sp³-hybridized carbons (Fsp3) is 0.160. The zero-order valence-electron chi connectivity index (χ0n) is 19.7. The maximum absolute atomic E-state index is 12.6. The molecule has 11 nitrogen and oxygen atoms in total. The third-order valence-corrected chi connectivity index (χ3v) is 5.95. The zero-order valence-corrected chi connectivity index (χ0v) is 21.3. The normalized spacial score (nSPS) is 11.0. The predicted molar refractivity (Wildman–Crippen MR) is 137 cm³/mol. The predicted octanol–water partition coefficient (Wildman–Crippen LogP) is 3.49. The zero-order chi connectivity index (χ0) is 25.9. The van der Waals surface area contributed by atoms with Gasteiger partial charge in [-0.1, -0.05) is 15.9 Å². The molecule has 0 aliphatic carbocycles. The van der Waals surface area contributed by atoms with Crippen LogP contribution in [0.3, 0.4) is 0 Å². The molecule has 0 bridgehead atoms. The molecule has 3 heterocycles. The summed E-state index contributed by atoms with van der Waals surface area (Å²) >= 11 is 3.37. The van der Waals surface area contributed by atoms with Crippen LogP contribution < -0.4 is 25.2 Å². The van der Waals surface area contributed by atoms with E-state index in [0.717, 1.165) is 10.0 Å². The van der Waals surface area contributed by atoms with Gasteiger partial charge in [0.1, 0.15) is 17.8 Å². The third kappa shape index (κ3) is 4.96. The molecule has 0 aliphatic heterocycles. The second kappa shape index (κ2) is 10.3. The fourth-order valence-electron chi connectivity index (χ4n) is 3.67. The first-order valence-electron chi connectivity index (χ1n) is 11.1. The van der Waals surface area contributed by atoms with E-state index in [4.69, 9.17) is 18.6 Å². The summed E-state index contributed by atoms with van der Waals surface area (Å²) in [5, 5.41) is 16.1. The van der Waals surface area contributed by atoms with Gasteiger partial charge in [0.05, 0.1) is 20.8 Å². The van der Waals surface area contributed by atoms with Crippen molar-refractivity contribution in [2.75, 3.05) is 27.4 Å². The van der Waals surface area contributed by atoms with E-state index in [1.54, 1.807) is 61.2 Å². The van der Waals surface area contributed by atoms with E-state index in [1.165, 1.54) is 6.07 Å². The number of ether oxygens (including phenoxy) is 3. The van der Waals surface area contributed by atoms with Crippen LogP contribution in [0.2, 0.25) is 0 Å². The number of aromatic nitrogens is 4. The van der Waals surface area contributed by atoms with Crippen molar-refractivity contribution < 1.29 is 23.4 Å². The average Bonchev–Trinajstić information content (AvgIpc) is 3.33. The molecule has 0 fully saturated rings. The molecule has 0 unspecified atom stereocenters. The van der Waals surface area contributed by atoms with Gasteiger partial charge in [0, 0.05) is 21.5 Å². The van der Waals surface area contributed by atoms with Gasteiger partial charge in [-0.2, -0.15) is 4.52 Å². The molecule has 5 rings (SSSR count). The first-order chi connectivity index (χ1) is 18.0. The fourth-order valence-corrected chi connectivity index (χ4v) is 4.05. The summed E-state index contributed by atoms with van der Waals surface area (Å²) < 4.78 is 24.0. The third-order valence-electron chi connectivity index (χ3n) is 5.46. The number of methoxy groups -OCH3 is 2. The molecule has 2 aromatic carbocycles.